The molecule has 1 aromatic heterocycles. The molecule has 0 bridgehead atoms. The van der Waals surface area contributed by atoms with E-state index in [-0.39, 0.29) is 5.71 Å². The van der Waals surface area contributed by atoms with Gasteiger partial charge in [-0.15, -0.1) is 11.3 Å². The minimum Gasteiger partial charge on any atom is -0.515 e. The summed E-state index contributed by atoms with van der Waals surface area (Å²) in [7, 11) is -0.733. The van der Waals surface area contributed by atoms with Gasteiger partial charge in [0.15, 0.2) is 5.13 Å². The standard InChI is InChI=1S/C28H29N3O3SSi/c1-33-31-25(26(32)34-36(2,3)4)24-20-35-27(29-24)30-28(21-14-8-5-9-15-21,22-16-10-6-11-17-22)23-18-12-7-13-19-23/h5-20H,1-4H3,(H,29,30)/b31-25-. The molecular weight excluding hydrogens is 486 g/mol. The lowest BCUT2D eigenvalue weighted by atomic mass is 9.77. The van der Waals surface area contributed by atoms with Crippen molar-refractivity contribution in [1.29, 1.82) is 0 Å². The zero-order valence-corrected chi connectivity index (χ0v) is 22.6. The van der Waals surface area contributed by atoms with Crippen molar-refractivity contribution in [3.8, 4) is 0 Å². The number of carbonyl (C=O) groups is 1. The van der Waals surface area contributed by atoms with Gasteiger partial charge in [-0.2, -0.15) is 0 Å². The maximum Gasteiger partial charge on any atom is 0.349 e. The Morgan fingerprint density at radius 3 is 1.75 bits per heavy atom. The summed E-state index contributed by atoms with van der Waals surface area (Å²) in [6.07, 6.45) is 0. The molecule has 0 saturated heterocycles. The van der Waals surface area contributed by atoms with Gasteiger partial charge in [-0.05, 0) is 36.3 Å². The zero-order chi connectivity index (χ0) is 25.6. The first-order valence-electron chi connectivity index (χ1n) is 11.6. The number of hydrogen-bond donors (Lipinski definition) is 1. The maximum absolute atomic E-state index is 12.9. The molecule has 1 N–H and O–H groups in total. The molecule has 0 unspecified atom stereocenters. The predicted molar refractivity (Wildman–Crippen MR) is 148 cm³/mol. The molecule has 0 aliphatic heterocycles. The smallest absolute Gasteiger partial charge is 0.349 e. The van der Waals surface area contributed by atoms with E-state index >= 15 is 0 Å². The lowest BCUT2D eigenvalue weighted by Gasteiger charge is -2.36. The first-order valence-corrected chi connectivity index (χ1v) is 15.9. The molecule has 8 heteroatoms. The van der Waals surface area contributed by atoms with Crippen molar-refractivity contribution in [2.24, 2.45) is 5.16 Å². The predicted octanol–water partition coefficient (Wildman–Crippen LogP) is 6.28. The van der Waals surface area contributed by atoms with Crippen molar-refractivity contribution >= 4 is 36.5 Å². The van der Waals surface area contributed by atoms with Crippen molar-refractivity contribution in [1.82, 2.24) is 4.98 Å². The molecule has 0 radical (unpaired) electrons. The van der Waals surface area contributed by atoms with Gasteiger partial charge in [0, 0.05) is 5.38 Å². The number of aromatic nitrogens is 1. The highest BCUT2D eigenvalue weighted by molar-refractivity contribution is 7.14. The summed E-state index contributed by atoms with van der Waals surface area (Å²) in [6.45, 7) is 5.83. The monoisotopic (exact) mass is 515 g/mol. The Morgan fingerprint density at radius 2 is 1.33 bits per heavy atom. The fourth-order valence-corrected chi connectivity index (χ4v) is 5.39. The zero-order valence-electron chi connectivity index (χ0n) is 20.8. The third kappa shape index (κ3) is 5.55. The van der Waals surface area contributed by atoms with Crippen LogP contribution in [0.3, 0.4) is 0 Å². The highest BCUT2D eigenvalue weighted by Gasteiger charge is 2.37. The highest BCUT2D eigenvalue weighted by Crippen LogP contribution is 2.40. The van der Waals surface area contributed by atoms with Gasteiger partial charge < -0.3 is 14.6 Å². The van der Waals surface area contributed by atoms with Crippen molar-refractivity contribution in [3.05, 3.63) is 119 Å². The van der Waals surface area contributed by atoms with Crippen LogP contribution in [0.25, 0.3) is 0 Å². The van der Waals surface area contributed by atoms with Gasteiger partial charge in [-0.25, -0.2) is 9.78 Å². The second-order valence-electron chi connectivity index (χ2n) is 9.14. The summed E-state index contributed by atoms with van der Waals surface area (Å²) in [5.74, 6) is -0.534. The van der Waals surface area contributed by atoms with Gasteiger partial charge in [0.25, 0.3) is 0 Å². The summed E-state index contributed by atoms with van der Waals surface area (Å²) >= 11 is 1.39. The number of nitrogens with zero attached hydrogens (tertiary/aromatic N) is 2. The number of nitrogens with one attached hydrogen (secondary N) is 1. The van der Waals surface area contributed by atoms with Crippen LogP contribution >= 0.6 is 11.3 Å². The Hall–Kier alpha value is -3.75. The fraction of sp³-hybridized carbons (Fsp3) is 0.179. The van der Waals surface area contributed by atoms with E-state index in [4.69, 9.17) is 14.2 Å². The van der Waals surface area contributed by atoms with Gasteiger partial charge in [-0.3, -0.25) is 0 Å². The second kappa shape index (κ2) is 10.9. The molecule has 0 saturated carbocycles. The van der Waals surface area contributed by atoms with Gasteiger partial charge in [0.2, 0.25) is 14.0 Å². The number of rotatable bonds is 9. The van der Waals surface area contributed by atoms with Crippen LogP contribution in [0, 0.1) is 0 Å². The highest BCUT2D eigenvalue weighted by atomic mass is 32.1. The topological polar surface area (TPSA) is 72.8 Å². The number of anilines is 1. The van der Waals surface area contributed by atoms with E-state index < -0.39 is 19.8 Å². The third-order valence-electron chi connectivity index (χ3n) is 5.44. The van der Waals surface area contributed by atoms with E-state index in [0.717, 1.165) is 16.7 Å². The van der Waals surface area contributed by atoms with Crippen LogP contribution in [-0.4, -0.2) is 32.1 Å². The Morgan fingerprint density at radius 1 is 0.861 bits per heavy atom. The Kier molecular flexibility index (Phi) is 7.66. The number of thiazole rings is 1. The van der Waals surface area contributed by atoms with E-state index in [1.165, 1.54) is 18.4 Å². The van der Waals surface area contributed by atoms with E-state index in [1.807, 2.05) is 74.2 Å². The van der Waals surface area contributed by atoms with Crippen LogP contribution < -0.4 is 5.32 Å². The molecule has 0 aliphatic rings. The molecule has 0 amide bonds. The molecule has 1 heterocycles. The molecule has 184 valence electrons. The van der Waals surface area contributed by atoms with Crippen molar-refractivity contribution < 1.29 is 14.1 Å². The van der Waals surface area contributed by atoms with Crippen LogP contribution in [0.1, 0.15) is 22.4 Å². The van der Waals surface area contributed by atoms with Gasteiger partial charge in [0.1, 0.15) is 18.3 Å². The molecule has 0 aliphatic carbocycles. The summed E-state index contributed by atoms with van der Waals surface area (Å²) in [5, 5.41) is 10.1. The van der Waals surface area contributed by atoms with E-state index in [9.17, 15) is 4.79 Å². The first kappa shape index (κ1) is 25.3. The maximum atomic E-state index is 12.9. The Balaban J connectivity index is 1.82. The van der Waals surface area contributed by atoms with Crippen LogP contribution in [-0.2, 0) is 19.6 Å². The van der Waals surface area contributed by atoms with Gasteiger partial charge in [0.05, 0.1) is 0 Å². The summed E-state index contributed by atoms with van der Waals surface area (Å²) in [5.41, 5.74) is 2.90. The van der Waals surface area contributed by atoms with E-state index in [1.54, 1.807) is 5.38 Å². The van der Waals surface area contributed by atoms with Crippen molar-refractivity contribution in [2.45, 2.75) is 25.2 Å². The van der Waals surface area contributed by atoms with Crippen molar-refractivity contribution in [2.75, 3.05) is 12.4 Å². The number of benzene rings is 3. The summed E-state index contributed by atoms with van der Waals surface area (Å²) in [6, 6.07) is 30.8. The van der Waals surface area contributed by atoms with Gasteiger partial charge in [-0.1, -0.05) is 96.2 Å². The molecule has 4 rings (SSSR count). The average molecular weight is 516 g/mol. The quantitative estimate of drug-likeness (QED) is 0.123. The van der Waals surface area contributed by atoms with Crippen LogP contribution in [0.4, 0.5) is 5.13 Å². The van der Waals surface area contributed by atoms with Gasteiger partial charge >= 0.3 is 5.97 Å². The molecule has 3 aromatic carbocycles. The normalized spacial score (nSPS) is 12.2. The van der Waals surface area contributed by atoms with E-state index in [2.05, 4.69) is 46.9 Å². The summed E-state index contributed by atoms with van der Waals surface area (Å²) < 4.78 is 5.66. The average Bonchev–Trinajstić information content (AvgIpc) is 3.34. The molecular formula is C28H29N3O3SSi. The number of carbonyl (C=O) groups excluding carboxylic acids is 1. The third-order valence-corrected chi connectivity index (χ3v) is 6.99. The summed E-state index contributed by atoms with van der Waals surface area (Å²) in [4.78, 5) is 22.6. The molecule has 36 heavy (non-hydrogen) atoms. The Labute approximate surface area is 216 Å². The number of hydrogen-bond acceptors (Lipinski definition) is 7. The minimum atomic E-state index is -2.13. The second-order valence-corrected chi connectivity index (χ2v) is 14.4. The lowest BCUT2D eigenvalue weighted by Crippen LogP contribution is -2.38. The molecule has 6 nitrogen and oxygen atoms in total. The molecule has 0 atom stereocenters. The van der Waals surface area contributed by atoms with Crippen molar-refractivity contribution in [3.63, 3.8) is 0 Å². The lowest BCUT2D eigenvalue weighted by molar-refractivity contribution is -0.127. The molecule has 0 spiro atoms. The largest absolute Gasteiger partial charge is 0.515 e. The first-order chi connectivity index (χ1) is 17.3. The van der Waals surface area contributed by atoms with Crippen LogP contribution in [0.5, 0.6) is 0 Å². The van der Waals surface area contributed by atoms with E-state index in [0.29, 0.717) is 10.8 Å². The molecule has 4 aromatic rings. The SMILES string of the molecule is CO/N=C(\C(=O)O[Si](C)(C)C)c1csc(NC(c2ccccc2)(c2ccccc2)c2ccccc2)n1. The van der Waals surface area contributed by atoms with Crippen LogP contribution in [0.2, 0.25) is 19.6 Å². The number of oxime groups is 1. The van der Waals surface area contributed by atoms with Crippen LogP contribution in [0.15, 0.2) is 102 Å². The fourth-order valence-electron chi connectivity index (χ4n) is 3.99. The minimum absolute atomic E-state index is 0.0500. The Bertz CT molecular complexity index is 1220. The molecule has 0 fully saturated rings.